The molecule has 1 atom stereocenters. The van der Waals surface area contributed by atoms with Gasteiger partial charge in [0.15, 0.2) is 0 Å². The van der Waals surface area contributed by atoms with Crippen LogP contribution in [0, 0.1) is 0 Å². The van der Waals surface area contributed by atoms with Gasteiger partial charge in [-0.05, 0) is 23.9 Å². The molecule has 1 unspecified atom stereocenters. The number of hydrogen-bond acceptors (Lipinski definition) is 3. The molecule has 3 aromatic rings. The monoisotopic (exact) mass is 283 g/mol. The molecule has 1 aromatic carbocycles. The van der Waals surface area contributed by atoms with Gasteiger partial charge in [-0.2, -0.15) is 0 Å². The summed E-state index contributed by atoms with van der Waals surface area (Å²) in [6, 6.07) is 12.0. The molecule has 0 N–H and O–H groups in total. The zero-order valence-corrected chi connectivity index (χ0v) is 11.6. The first-order valence-electron chi connectivity index (χ1n) is 6.65. The van der Waals surface area contributed by atoms with Gasteiger partial charge in [-0.25, -0.2) is 0 Å². The van der Waals surface area contributed by atoms with Crippen molar-refractivity contribution in [1.29, 1.82) is 0 Å². The number of rotatable bonds is 2. The van der Waals surface area contributed by atoms with Crippen LogP contribution in [0.2, 0.25) is 0 Å². The fourth-order valence-electron chi connectivity index (χ4n) is 2.71. The van der Waals surface area contributed by atoms with Gasteiger partial charge in [0.25, 0.3) is 5.91 Å². The van der Waals surface area contributed by atoms with E-state index >= 15 is 0 Å². The second-order valence-electron chi connectivity index (χ2n) is 4.96. The van der Waals surface area contributed by atoms with Crippen LogP contribution in [0.25, 0.3) is 11.0 Å². The average molecular weight is 283 g/mol. The van der Waals surface area contributed by atoms with Crippen LogP contribution in [0.4, 0.5) is 0 Å². The number of para-hydroxylation sites is 1. The van der Waals surface area contributed by atoms with Gasteiger partial charge >= 0.3 is 0 Å². The lowest BCUT2D eigenvalue weighted by Crippen LogP contribution is -2.44. The molecule has 0 bridgehead atoms. The third-order valence-electron chi connectivity index (χ3n) is 3.86. The number of benzene rings is 1. The van der Waals surface area contributed by atoms with E-state index in [2.05, 4.69) is 11.4 Å². The van der Waals surface area contributed by atoms with E-state index in [9.17, 15) is 4.79 Å². The van der Waals surface area contributed by atoms with Gasteiger partial charge in [-0.1, -0.05) is 24.3 Å². The number of nitrogens with zero attached hydrogens (tertiary/aromatic N) is 1. The first kappa shape index (κ1) is 11.7. The Morgan fingerprint density at radius 2 is 2.15 bits per heavy atom. The molecule has 0 saturated carbocycles. The SMILES string of the molecule is O=C(c1coc2ccccc12)N1CCC1c1cccs1. The molecule has 1 aliphatic heterocycles. The summed E-state index contributed by atoms with van der Waals surface area (Å²) in [7, 11) is 0. The van der Waals surface area contributed by atoms with E-state index in [-0.39, 0.29) is 11.9 Å². The van der Waals surface area contributed by atoms with Crippen LogP contribution < -0.4 is 0 Å². The van der Waals surface area contributed by atoms with Crippen molar-refractivity contribution in [3.8, 4) is 0 Å². The number of likely N-dealkylation sites (tertiary alicyclic amines) is 1. The lowest BCUT2D eigenvalue weighted by molar-refractivity contribution is 0.0469. The standard InChI is InChI=1S/C16H13NO2S/c18-16(12-10-19-14-5-2-1-4-11(12)14)17-8-7-13(17)15-6-3-9-20-15/h1-6,9-10,13H,7-8H2. The highest BCUT2D eigenvalue weighted by Gasteiger charge is 2.35. The number of amides is 1. The fraction of sp³-hybridized carbons (Fsp3) is 0.188. The highest BCUT2D eigenvalue weighted by Crippen LogP contribution is 2.37. The lowest BCUT2D eigenvalue weighted by Gasteiger charge is -2.40. The van der Waals surface area contributed by atoms with Crippen molar-refractivity contribution in [2.24, 2.45) is 0 Å². The summed E-state index contributed by atoms with van der Waals surface area (Å²) in [6.07, 6.45) is 2.62. The zero-order chi connectivity index (χ0) is 13.5. The van der Waals surface area contributed by atoms with Crippen molar-refractivity contribution in [3.63, 3.8) is 0 Å². The summed E-state index contributed by atoms with van der Waals surface area (Å²) in [5.41, 5.74) is 1.44. The maximum Gasteiger partial charge on any atom is 0.258 e. The van der Waals surface area contributed by atoms with Gasteiger partial charge < -0.3 is 9.32 Å². The van der Waals surface area contributed by atoms with Crippen LogP contribution in [0.15, 0.2) is 52.5 Å². The van der Waals surface area contributed by atoms with Crippen LogP contribution in [-0.2, 0) is 0 Å². The summed E-state index contributed by atoms with van der Waals surface area (Å²) >= 11 is 1.71. The Kier molecular flexibility index (Phi) is 2.63. The molecule has 4 rings (SSSR count). The molecule has 4 heteroatoms. The molecule has 2 aromatic heterocycles. The van der Waals surface area contributed by atoms with Gasteiger partial charge in [0.1, 0.15) is 11.8 Å². The van der Waals surface area contributed by atoms with Crippen LogP contribution in [-0.4, -0.2) is 17.4 Å². The molecule has 0 spiro atoms. The van der Waals surface area contributed by atoms with Crippen molar-refractivity contribution in [2.75, 3.05) is 6.54 Å². The molecule has 1 amide bonds. The first-order chi connectivity index (χ1) is 9.84. The number of thiophene rings is 1. The van der Waals surface area contributed by atoms with E-state index < -0.39 is 0 Å². The van der Waals surface area contributed by atoms with E-state index in [1.54, 1.807) is 17.6 Å². The number of fused-ring (bicyclic) bond motifs is 1. The first-order valence-corrected chi connectivity index (χ1v) is 7.53. The maximum atomic E-state index is 12.7. The second-order valence-corrected chi connectivity index (χ2v) is 5.94. The molecule has 3 heterocycles. The molecular weight excluding hydrogens is 270 g/mol. The second kappa shape index (κ2) is 4.49. The average Bonchev–Trinajstić information content (AvgIpc) is 3.06. The summed E-state index contributed by atoms with van der Waals surface area (Å²) in [6.45, 7) is 0.820. The smallest absolute Gasteiger partial charge is 0.258 e. The lowest BCUT2D eigenvalue weighted by atomic mass is 9.99. The minimum absolute atomic E-state index is 0.0691. The molecule has 1 fully saturated rings. The number of hydrogen-bond donors (Lipinski definition) is 0. The van der Waals surface area contributed by atoms with Crippen LogP contribution >= 0.6 is 11.3 Å². The van der Waals surface area contributed by atoms with Crippen molar-refractivity contribution in [2.45, 2.75) is 12.5 Å². The predicted molar refractivity (Wildman–Crippen MR) is 78.9 cm³/mol. The molecule has 0 radical (unpaired) electrons. The Balaban J connectivity index is 1.67. The predicted octanol–water partition coefficient (Wildman–Crippen LogP) is 4.08. The maximum absolute atomic E-state index is 12.7. The van der Waals surface area contributed by atoms with Gasteiger partial charge in [0.2, 0.25) is 0 Å². The normalized spacial score (nSPS) is 18.2. The minimum Gasteiger partial charge on any atom is -0.463 e. The highest BCUT2D eigenvalue weighted by molar-refractivity contribution is 7.10. The summed E-state index contributed by atoms with van der Waals surface area (Å²) in [4.78, 5) is 15.9. The van der Waals surface area contributed by atoms with Crippen LogP contribution in [0.5, 0.6) is 0 Å². The van der Waals surface area contributed by atoms with E-state index in [1.807, 2.05) is 35.2 Å². The van der Waals surface area contributed by atoms with E-state index in [1.165, 1.54) is 4.88 Å². The Hall–Kier alpha value is -2.07. The third-order valence-corrected chi connectivity index (χ3v) is 4.84. The fourth-order valence-corrected chi connectivity index (χ4v) is 3.58. The number of carbonyl (C=O) groups is 1. The van der Waals surface area contributed by atoms with E-state index in [0.717, 1.165) is 23.9 Å². The molecule has 0 aliphatic carbocycles. The van der Waals surface area contributed by atoms with E-state index in [0.29, 0.717) is 5.56 Å². The zero-order valence-electron chi connectivity index (χ0n) is 10.8. The Bertz CT molecular complexity index is 760. The molecular formula is C16H13NO2S. The minimum atomic E-state index is 0.0691. The Labute approximate surface area is 120 Å². The van der Waals surface area contributed by atoms with Crippen molar-refractivity contribution >= 4 is 28.2 Å². The summed E-state index contributed by atoms with van der Waals surface area (Å²) < 4.78 is 5.47. The van der Waals surface area contributed by atoms with Crippen molar-refractivity contribution in [1.82, 2.24) is 4.90 Å². The number of furan rings is 1. The number of carbonyl (C=O) groups excluding carboxylic acids is 1. The highest BCUT2D eigenvalue weighted by atomic mass is 32.1. The summed E-state index contributed by atoms with van der Waals surface area (Å²) in [5, 5.41) is 2.96. The Morgan fingerprint density at radius 3 is 2.90 bits per heavy atom. The molecule has 100 valence electrons. The van der Waals surface area contributed by atoms with E-state index in [4.69, 9.17) is 4.42 Å². The van der Waals surface area contributed by atoms with Crippen LogP contribution in [0.1, 0.15) is 27.7 Å². The van der Waals surface area contributed by atoms with Crippen molar-refractivity contribution in [3.05, 3.63) is 58.5 Å². The molecule has 1 saturated heterocycles. The molecule has 20 heavy (non-hydrogen) atoms. The Morgan fingerprint density at radius 1 is 1.25 bits per heavy atom. The molecule has 3 nitrogen and oxygen atoms in total. The van der Waals surface area contributed by atoms with Gasteiger partial charge in [-0.3, -0.25) is 4.79 Å². The van der Waals surface area contributed by atoms with Crippen LogP contribution in [0.3, 0.4) is 0 Å². The summed E-state index contributed by atoms with van der Waals surface area (Å²) in [5.74, 6) is 0.0691. The van der Waals surface area contributed by atoms with Crippen molar-refractivity contribution < 1.29 is 9.21 Å². The van der Waals surface area contributed by atoms with Gasteiger partial charge in [0.05, 0.1) is 11.6 Å². The third kappa shape index (κ3) is 1.68. The van der Waals surface area contributed by atoms with Gasteiger partial charge in [0, 0.05) is 16.8 Å². The topological polar surface area (TPSA) is 33.5 Å². The van der Waals surface area contributed by atoms with Gasteiger partial charge in [-0.15, -0.1) is 11.3 Å². The quantitative estimate of drug-likeness (QED) is 0.710. The molecule has 1 aliphatic rings. The largest absolute Gasteiger partial charge is 0.463 e.